The minimum atomic E-state index is -0.507. The fraction of sp³-hybridized carbons (Fsp3) is 0.500. The van der Waals surface area contributed by atoms with Gasteiger partial charge in [-0.1, -0.05) is 0 Å². The molecule has 0 bridgehead atoms. The molecule has 1 N–H and O–H groups in total. The van der Waals surface area contributed by atoms with Crippen molar-refractivity contribution >= 4 is 11.5 Å². The van der Waals surface area contributed by atoms with Crippen LogP contribution in [-0.2, 0) is 0 Å². The van der Waals surface area contributed by atoms with Crippen LogP contribution in [-0.4, -0.2) is 36.1 Å². The van der Waals surface area contributed by atoms with Crippen molar-refractivity contribution in [2.75, 3.05) is 31.1 Å². The number of aromatic nitrogens is 1. The van der Waals surface area contributed by atoms with Crippen molar-refractivity contribution in [3.05, 3.63) is 27.9 Å². The Bertz CT molecular complexity index is 556. The van der Waals surface area contributed by atoms with Crippen LogP contribution >= 0.6 is 0 Å². The lowest BCUT2D eigenvalue weighted by Gasteiger charge is -2.18. The second-order valence-electron chi connectivity index (χ2n) is 4.98. The van der Waals surface area contributed by atoms with Gasteiger partial charge in [0.1, 0.15) is 11.6 Å². The molecule has 3 heterocycles. The van der Waals surface area contributed by atoms with Crippen LogP contribution in [0.5, 0.6) is 0 Å². The molecule has 7 nitrogen and oxygen atoms in total. The molecule has 0 saturated carbocycles. The van der Waals surface area contributed by atoms with Crippen molar-refractivity contribution in [2.24, 2.45) is 11.8 Å². The molecule has 0 spiro atoms. The number of fused-ring (bicyclic) bond motifs is 1. The van der Waals surface area contributed by atoms with Gasteiger partial charge < -0.3 is 10.2 Å². The summed E-state index contributed by atoms with van der Waals surface area (Å²) in [5, 5.41) is 23.5. The number of anilines is 1. The fourth-order valence-corrected chi connectivity index (χ4v) is 2.97. The summed E-state index contributed by atoms with van der Waals surface area (Å²) < 4.78 is 0. The van der Waals surface area contributed by atoms with Crippen LogP contribution in [0, 0.1) is 33.3 Å². The summed E-state index contributed by atoms with van der Waals surface area (Å²) in [6.45, 7) is 3.43. The van der Waals surface area contributed by atoms with E-state index in [2.05, 4.69) is 10.3 Å². The van der Waals surface area contributed by atoms with Gasteiger partial charge in [0.15, 0.2) is 0 Å². The Morgan fingerprint density at radius 3 is 2.74 bits per heavy atom. The molecule has 0 amide bonds. The Balaban J connectivity index is 1.97. The van der Waals surface area contributed by atoms with E-state index in [0.717, 1.165) is 26.2 Å². The molecular formula is C12H13N5O2. The van der Waals surface area contributed by atoms with Crippen molar-refractivity contribution in [1.82, 2.24) is 10.3 Å². The second-order valence-corrected chi connectivity index (χ2v) is 4.98. The molecule has 98 valence electrons. The van der Waals surface area contributed by atoms with E-state index in [-0.39, 0.29) is 11.3 Å². The highest BCUT2D eigenvalue weighted by molar-refractivity contribution is 5.65. The molecule has 0 aliphatic carbocycles. The molecule has 2 atom stereocenters. The SMILES string of the molecule is N#Cc1ccnc(N2CC3CNCC3C2)c1[N+](=O)[O-]. The van der Waals surface area contributed by atoms with E-state index < -0.39 is 4.92 Å². The molecule has 19 heavy (non-hydrogen) atoms. The zero-order valence-corrected chi connectivity index (χ0v) is 10.2. The number of rotatable bonds is 2. The molecule has 2 unspecified atom stereocenters. The average Bonchev–Trinajstić information content (AvgIpc) is 2.98. The highest BCUT2D eigenvalue weighted by Gasteiger charge is 2.39. The van der Waals surface area contributed by atoms with Crippen LogP contribution in [0.3, 0.4) is 0 Å². The summed E-state index contributed by atoms with van der Waals surface area (Å²) in [5.41, 5.74) is -0.0943. The Morgan fingerprint density at radius 2 is 2.16 bits per heavy atom. The maximum absolute atomic E-state index is 11.2. The van der Waals surface area contributed by atoms with E-state index in [1.54, 1.807) is 0 Å². The van der Waals surface area contributed by atoms with Gasteiger partial charge >= 0.3 is 5.69 Å². The highest BCUT2D eigenvalue weighted by Crippen LogP contribution is 2.35. The molecule has 2 aliphatic heterocycles. The third-order valence-corrected chi connectivity index (χ3v) is 3.90. The Labute approximate surface area is 110 Å². The molecule has 0 radical (unpaired) electrons. The first-order chi connectivity index (χ1) is 9.20. The van der Waals surface area contributed by atoms with Gasteiger partial charge in [-0.2, -0.15) is 5.26 Å². The van der Waals surface area contributed by atoms with Crippen molar-refractivity contribution in [3.8, 4) is 6.07 Å². The first-order valence-electron chi connectivity index (χ1n) is 6.20. The molecule has 1 aromatic rings. The van der Waals surface area contributed by atoms with Gasteiger partial charge in [-0.15, -0.1) is 0 Å². The lowest BCUT2D eigenvalue weighted by Crippen LogP contribution is -2.27. The number of nitro groups is 1. The first kappa shape index (κ1) is 11.9. The van der Waals surface area contributed by atoms with Gasteiger partial charge in [0, 0.05) is 32.4 Å². The van der Waals surface area contributed by atoms with E-state index in [0.29, 0.717) is 17.7 Å². The maximum Gasteiger partial charge on any atom is 0.329 e. The quantitative estimate of drug-likeness (QED) is 0.614. The summed E-state index contributed by atoms with van der Waals surface area (Å²) in [6.07, 6.45) is 1.47. The van der Waals surface area contributed by atoms with Crippen LogP contribution in [0.2, 0.25) is 0 Å². The topological polar surface area (TPSA) is 95.1 Å². The minimum absolute atomic E-state index is 0.0742. The van der Waals surface area contributed by atoms with Crippen LogP contribution in [0.15, 0.2) is 12.3 Å². The van der Waals surface area contributed by atoms with Crippen LogP contribution in [0.25, 0.3) is 0 Å². The molecule has 3 rings (SSSR count). The second kappa shape index (κ2) is 4.48. The normalized spacial score (nSPS) is 25.1. The summed E-state index contributed by atoms with van der Waals surface area (Å²) in [6, 6.07) is 3.26. The van der Waals surface area contributed by atoms with Crippen molar-refractivity contribution < 1.29 is 4.92 Å². The lowest BCUT2D eigenvalue weighted by molar-refractivity contribution is -0.384. The number of pyridine rings is 1. The lowest BCUT2D eigenvalue weighted by atomic mass is 10.0. The highest BCUT2D eigenvalue weighted by atomic mass is 16.6. The molecule has 7 heteroatoms. The van der Waals surface area contributed by atoms with Gasteiger partial charge in [0.2, 0.25) is 5.82 Å². The number of nitrogens with zero attached hydrogens (tertiary/aromatic N) is 4. The third-order valence-electron chi connectivity index (χ3n) is 3.90. The van der Waals surface area contributed by atoms with Gasteiger partial charge in [0.25, 0.3) is 0 Å². The zero-order valence-electron chi connectivity index (χ0n) is 10.2. The summed E-state index contributed by atoms with van der Waals surface area (Å²) in [7, 11) is 0. The average molecular weight is 259 g/mol. The number of hydrogen-bond donors (Lipinski definition) is 1. The van der Waals surface area contributed by atoms with Crippen LogP contribution in [0.1, 0.15) is 5.56 Å². The van der Waals surface area contributed by atoms with E-state index in [4.69, 9.17) is 5.26 Å². The molecular weight excluding hydrogens is 246 g/mol. The van der Waals surface area contributed by atoms with Crippen molar-refractivity contribution in [3.63, 3.8) is 0 Å². The predicted molar refractivity (Wildman–Crippen MR) is 67.7 cm³/mol. The predicted octanol–water partition coefficient (Wildman–Crippen LogP) is 0.517. The van der Waals surface area contributed by atoms with Gasteiger partial charge in [-0.25, -0.2) is 4.98 Å². The van der Waals surface area contributed by atoms with Gasteiger partial charge in [0.05, 0.1) is 4.92 Å². The number of nitriles is 1. The molecule has 1 aromatic heterocycles. The van der Waals surface area contributed by atoms with Crippen molar-refractivity contribution in [1.29, 1.82) is 5.26 Å². The fourth-order valence-electron chi connectivity index (χ4n) is 2.97. The van der Waals surface area contributed by atoms with E-state index in [1.165, 1.54) is 12.3 Å². The molecule has 2 aliphatic rings. The van der Waals surface area contributed by atoms with E-state index in [9.17, 15) is 10.1 Å². The van der Waals surface area contributed by atoms with Gasteiger partial charge in [-0.05, 0) is 17.9 Å². The molecule has 0 aromatic carbocycles. The number of nitrogens with one attached hydrogen (secondary N) is 1. The van der Waals surface area contributed by atoms with Gasteiger partial charge in [-0.3, -0.25) is 10.1 Å². The van der Waals surface area contributed by atoms with Crippen LogP contribution < -0.4 is 10.2 Å². The van der Waals surface area contributed by atoms with Crippen molar-refractivity contribution in [2.45, 2.75) is 0 Å². The monoisotopic (exact) mass is 259 g/mol. The summed E-state index contributed by atoms with van der Waals surface area (Å²) >= 11 is 0. The summed E-state index contributed by atoms with van der Waals surface area (Å²) in [5.74, 6) is 1.37. The minimum Gasteiger partial charge on any atom is -0.350 e. The zero-order chi connectivity index (χ0) is 13.4. The maximum atomic E-state index is 11.2. The van der Waals surface area contributed by atoms with Crippen LogP contribution in [0.4, 0.5) is 11.5 Å². The third kappa shape index (κ3) is 1.90. The Kier molecular flexibility index (Phi) is 2.80. The number of hydrogen-bond acceptors (Lipinski definition) is 6. The largest absolute Gasteiger partial charge is 0.350 e. The first-order valence-corrected chi connectivity index (χ1v) is 6.20. The van der Waals surface area contributed by atoms with E-state index in [1.807, 2.05) is 11.0 Å². The van der Waals surface area contributed by atoms with E-state index >= 15 is 0 Å². The Morgan fingerprint density at radius 1 is 1.47 bits per heavy atom. The standard InChI is InChI=1S/C12H13N5O2/c13-3-8-1-2-15-12(11(8)17(18)19)16-6-9-4-14-5-10(9)7-16/h1-2,9-10,14H,4-7H2. The molecule has 2 fully saturated rings. The molecule has 2 saturated heterocycles. The Hall–Kier alpha value is -2.20. The smallest absolute Gasteiger partial charge is 0.329 e. The summed E-state index contributed by atoms with van der Waals surface area (Å²) in [4.78, 5) is 16.7.